The number of para-hydroxylation sites is 2. The molecule has 0 saturated carbocycles. The first-order valence-corrected chi connectivity index (χ1v) is 9.50. The first-order chi connectivity index (χ1) is 13.7. The summed E-state index contributed by atoms with van der Waals surface area (Å²) in [6.45, 7) is 0.156. The molecular weight excluding hydrogens is 376 g/mol. The van der Waals surface area contributed by atoms with E-state index in [0.717, 1.165) is 28.4 Å². The summed E-state index contributed by atoms with van der Waals surface area (Å²) in [5, 5.41) is 20.6. The van der Waals surface area contributed by atoms with E-state index in [-0.39, 0.29) is 12.4 Å². The topological polar surface area (TPSA) is 93.0 Å². The Morgan fingerprint density at radius 1 is 1.04 bits per heavy atom. The lowest BCUT2D eigenvalue weighted by Gasteiger charge is -2.12. The molecule has 4 rings (SSSR count). The van der Waals surface area contributed by atoms with Crippen LogP contribution in [0.2, 0.25) is 0 Å². The minimum absolute atomic E-state index is 0.156. The maximum Gasteiger partial charge on any atom is 0.196 e. The van der Waals surface area contributed by atoms with Gasteiger partial charge in [-0.3, -0.25) is 9.55 Å². The van der Waals surface area contributed by atoms with Gasteiger partial charge in [-0.1, -0.05) is 48.2 Å². The van der Waals surface area contributed by atoms with Crippen LogP contribution < -0.4 is 9.84 Å². The molecule has 0 aliphatic carbocycles. The van der Waals surface area contributed by atoms with Crippen molar-refractivity contribution in [1.29, 1.82) is 0 Å². The molecular formula is C20H15N4O3S-. The number of nitrogens with zero attached hydrogens (tertiary/aromatic N) is 4. The molecule has 2 aromatic carbocycles. The summed E-state index contributed by atoms with van der Waals surface area (Å²) in [5.41, 5.74) is 1.59. The van der Waals surface area contributed by atoms with Crippen molar-refractivity contribution in [2.45, 2.75) is 11.8 Å². The van der Waals surface area contributed by atoms with E-state index < -0.39 is 5.97 Å². The Labute approximate surface area is 165 Å². The SMILES string of the molecule is O=C([O-])CSc1nnc(COc2cccc3cccnc23)n1-c1ccccc1. The molecule has 28 heavy (non-hydrogen) atoms. The van der Waals surface area contributed by atoms with E-state index in [1.54, 1.807) is 10.8 Å². The number of hydrogen-bond acceptors (Lipinski definition) is 7. The van der Waals surface area contributed by atoms with Gasteiger partial charge < -0.3 is 14.6 Å². The highest BCUT2D eigenvalue weighted by atomic mass is 32.2. The van der Waals surface area contributed by atoms with Crippen molar-refractivity contribution in [1.82, 2.24) is 19.7 Å². The van der Waals surface area contributed by atoms with E-state index in [2.05, 4.69) is 15.2 Å². The fraction of sp³-hybridized carbons (Fsp3) is 0.100. The second kappa shape index (κ2) is 8.10. The van der Waals surface area contributed by atoms with Crippen molar-refractivity contribution in [3.63, 3.8) is 0 Å². The summed E-state index contributed by atoms with van der Waals surface area (Å²) in [4.78, 5) is 15.2. The fourth-order valence-electron chi connectivity index (χ4n) is 2.78. The number of hydrogen-bond donors (Lipinski definition) is 0. The van der Waals surface area contributed by atoms with Crippen LogP contribution in [0.1, 0.15) is 5.82 Å². The van der Waals surface area contributed by atoms with Gasteiger partial charge in [0.1, 0.15) is 17.9 Å². The highest BCUT2D eigenvalue weighted by Crippen LogP contribution is 2.26. The van der Waals surface area contributed by atoms with Crippen LogP contribution in [0, 0.1) is 0 Å². The molecule has 2 aromatic heterocycles. The van der Waals surface area contributed by atoms with E-state index in [4.69, 9.17) is 4.74 Å². The highest BCUT2D eigenvalue weighted by molar-refractivity contribution is 7.99. The number of aromatic nitrogens is 4. The molecule has 0 amide bonds. The maximum absolute atomic E-state index is 10.8. The second-order valence-electron chi connectivity index (χ2n) is 5.85. The third kappa shape index (κ3) is 3.81. The van der Waals surface area contributed by atoms with Crippen LogP contribution in [0.15, 0.2) is 72.0 Å². The largest absolute Gasteiger partial charge is 0.549 e. The molecule has 0 aliphatic rings. The molecule has 0 fully saturated rings. The highest BCUT2D eigenvalue weighted by Gasteiger charge is 2.15. The lowest BCUT2D eigenvalue weighted by Crippen LogP contribution is -2.24. The van der Waals surface area contributed by atoms with Crippen LogP contribution >= 0.6 is 11.8 Å². The second-order valence-corrected chi connectivity index (χ2v) is 6.79. The molecule has 0 N–H and O–H groups in total. The zero-order chi connectivity index (χ0) is 19.3. The summed E-state index contributed by atoms with van der Waals surface area (Å²) >= 11 is 1.05. The molecule has 7 nitrogen and oxygen atoms in total. The van der Waals surface area contributed by atoms with Gasteiger partial charge in [0.05, 0.1) is 5.97 Å². The Morgan fingerprint density at radius 2 is 1.86 bits per heavy atom. The van der Waals surface area contributed by atoms with Gasteiger partial charge in [-0.2, -0.15) is 0 Å². The molecule has 0 bridgehead atoms. The number of pyridine rings is 1. The number of aliphatic carboxylic acids is 1. The van der Waals surface area contributed by atoms with E-state index in [1.807, 2.05) is 60.7 Å². The molecule has 0 saturated heterocycles. The van der Waals surface area contributed by atoms with Gasteiger partial charge in [0.15, 0.2) is 11.0 Å². The maximum atomic E-state index is 10.8. The number of rotatable bonds is 7. The Morgan fingerprint density at radius 3 is 2.68 bits per heavy atom. The lowest BCUT2D eigenvalue weighted by atomic mass is 10.2. The van der Waals surface area contributed by atoms with Crippen molar-refractivity contribution < 1.29 is 14.6 Å². The quantitative estimate of drug-likeness (QED) is 0.446. The summed E-state index contributed by atoms with van der Waals surface area (Å²) in [5.74, 6) is -0.170. The van der Waals surface area contributed by atoms with Crippen LogP contribution in [0.25, 0.3) is 16.6 Å². The molecule has 8 heteroatoms. The predicted molar refractivity (Wildman–Crippen MR) is 103 cm³/mol. The molecule has 0 radical (unpaired) electrons. The summed E-state index contributed by atoms with van der Waals surface area (Å²) in [7, 11) is 0. The zero-order valence-corrected chi connectivity index (χ0v) is 15.5. The molecule has 2 heterocycles. The smallest absolute Gasteiger partial charge is 0.196 e. The van der Waals surface area contributed by atoms with Crippen molar-refractivity contribution >= 4 is 28.6 Å². The van der Waals surface area contributed by atoms with Gasteiger partial charge in [0, 0.05) is 23.0 Å². The summed E-state index contributed by atoms with van der Waals surface area (Å²) in [6, 6.07) is 19.0. The van der Waals surface area contributed by atoms with Gasteiger partial charge >= 0.3 is 0 Å². The van der Waals surface area contributed by atoms with Gasteiger partial charge in [0.25, 0.3) is 0 Å². The first kappa shape index (κ1) is 18.0. The van der Waals surface area contributed by atoms with Gasteiger partial charge in [0.2, 0.25) is 0 Å². The summed E-state index contributed by atoms with van der Waals surface area (Å²) < 4.78 is 7.77. The molecule has 0 atom stereocenters. The number of carboxylic acid groups (broad SMARTS) is 1. The fourth-order valence-corrected chi connectivity index (χ4v) is 3.47. The predicted octanol–water partition coefficient (Wildman–Crippen LogP) is 2.24. The Kier molecular flexibility index (Phi) is 5.20. The van der Waals surface area contributed by atoms with Crippen molar-refractivity contribution in [3.8, 4) is 11.4 Å². The van der Waals surface area contributed by atoms with Gasteiger partial charge in [-0.05, 0) is 24.3 Å². The first-order valence-electron chi connectivity index (χ1n) is 8.51. The van der Waals surface area contributed by atoms with Crippen LogP contribution in [-0.2, 0) is 11.4 Å². The van der Waals surface area contributed by atoms with E-state index in [9.17, 15) is 9.90 Å². The van der Waals surface area contributed by atoms with Crippen LogP contribution in [0.3, 0.4) is 0 Å². The monoisotopic (exact) mass is 391 g/mol. The van der Waals surface area contributed by atoms with Crippen LogP contribution in [-0.4, -0.2) is 31.5 Å². The summed E-state index contributed by atoms with van der Waals surface area (Å²) in [6.07, 6.45) is 1.72. The minimum Gasteiger partial charge on any atom is -0.549 e. The molecule has 0 aliphatic heterocycles. The molecule has 0 unspecified atom stereocenters. The number of benzene rings is 2. The van der Waals surface area contributed by atoms with Crippen LogP contribution in [0.5, 0.6) is 5.75 Å². The van der Waals surface area contributed by atoms with E-state index in [0.29, 0.717) is 16.7 Å². The molecule has 140 valence electrons. The van der Waals surface area contributed by atoms with Crippen LogP contribution in [0.4, 0.5) is 0 Å². The normalized spacial score (nSPS) is 10.9. The van der Waals surface area contributed by atoms with Crippen molar-refractivity contribution in [2.75, 3.05) is 5.75 Å². The average molecular weight is 391 g/mol. The average Bonchev–Trinajstić information content (AvgIpc) is 3.14. The van der Waals surface area contributed by atoms with Gasteiger partial charge in [-0.25, -0.2) is 0 Å². The Balaban J connectivity index is 1.65. The number of carboxylic acids is 1. The van der Waals surface area contributed by atoms with Gasteiger partial charge in [-0.15, -0.1) is 10.2 Å². The van der Waals surface area contributed by atoms with Crippen molar-refractivity contribution in [3.05, 3.63) is 72.7 Å². The Hall–Kier alpha value is -3.39. The molecule has 4 aromatic rings. The zero-order valence-electron chi connectivity index (χ0n) is 14.7. The number of ether oxygens (including phenoxy) is 1. The number of fused-ring (bicyclic) bond motifs is 1. The van der Waals surface area contributed by atoms with E-state index >= 15 is 0 Å². The Bertz CT molecular complexity index is 1110. The third-order valence-corrected chi connectivity index (χ3v) is 4.89. The number of carbonyl (C=O) groups excluding carboxylic acids is 1. The van der Waals surface area contributed by atoms with E-state index in [1.165, 1.54) is 0 Å². The molecule has 0 spiro atoms. The standard InChI is InChI=1S/C20H16N4O3S/c25-18(26)13-28-20-23-22-17(24(20)15-8-2-1-3-9-15)12-27-16-10-4-6-14-7-5-11-21-19(14)16/h1-11H,12-13H2,(H,25,26)/p-1. The number of carbonyl (C=O) groups is 1. The number of thioether (sulfide) groups is 1. The third-order valence-electron chi connectivity index (χ3n) is 3.99. The minimum atomic E-state index is -1.16. The van der Waals surface area contributed by atoms with Crippen molar-refractivity contribution in [2.24, 2.45) is 0 Å². The lowest BCUT2D eigenvalue weighted by molar-refractivity contribution is -0.301.